The second-order valence-electron chi connectivity index (χ2n) is 3.14. The van der Waals surface area contributed by atoms with Crippen LogP contribution in [0.15, 0.2) is 0 Å². The van der Waals surface area contributed by atoms with Gasteiger partial charge in [0.1, 0.15) is 0 Å². The Morgan fingerprint density at radius 3 is 1.85 bits per heavy atom. The summed E-state index contributed by atoms with van der Waals surface area (Å²) in [6, 6.07) is 0.616. The van der Waals surface area contributed by atoms with Crippen molar-refractivity contribution in [2.45, 2.75) is 33.7 Å². The van der Waals surface area contributed by atoms with Crippen molar-refractivity contribution in [2.75, 3.05) is 26.2 Å². The van der Waals surface area contributed by atoms with Gasteiger partial charge in [0.2, 0.25) is 0 Å². The van der Waals surface area contributed by atoms with Crippen LogP contribution in [0.5, 0.6) is 0 Å². The molecular formula is C9H24Cl2N2. The van der Waals surface area contributed by atoms with Crippen LogP contribution >= 0.6 is 24.8 Å². The van der Waals surface area contributed by atoms with Crippen molar-refractivity contribution in [3.63, 3.8) is 0 Å². The summed E-state index contributed by atoms with van der Waals surface area (Å²) in [5.41, 5.74) is 0. The van der Waals surface area contributed by atoms with E-state index in [0.717, 1.165) is 19.6 Å². The highest BCUT2D eigenvalue weighted by Gasteiger charge is 1.97. The average Bonchev–Trinajstić information content (AvgIpc) is 1.98. The second kappa shape index (κ2) is 12.5. The summed E-state index contributed by atoms with van der Waals surface area (Å²) < 4.78 is 0. The molecular weight excluding hydrogens is 207 g/mol. The summed E-state index contributed by atoms with van der Waals surface area (Å²) >= 11 is 0. The molecule has 0 saturated carbocycles. The lowest BCUT2D eigenvalue weighted by Crippen LogP contribution is -2.34. The molecule has 0 amide bonds. The molecule has 0 saturated heterocycles. The van der Waals surface area contributed by atoms with Crippen molar-refractivity contribution in [2.24, 2.45) is 0 Å². The van der Waals surface area contributed by atoms with Crippen LogP contribution in [0, 0.1) is 0 Å². The molecule has 0 aromatic carbocycles. The molecule has 0 aromatic heterocycles. The van der Waals surface area contributed by atoms with Crippen LogP contribution in [0.2, 0.25) is 0 Å². The van der Waals surface area contributed by atoms with E-state index in [9.17, 15) is 0 Å². The van der Waals surface area contributed by atoms with Crippen molar-refractivity contribution >= 4 is 24.8 Å². The highest BCUT2D eigenvalue weighted by Crippen LogP contribution is 1.84. The highest BCUT2D eigenvalue weighted by atomic mass is 35.5. The zero-order chi connectivity index (χ0) is 8.69. The van der Waals surface area contributed by atoms with Gasteiger partial charge < -0.3 is 10.2 Å². The molecule has 0 aliphatic heterocycles. The molecule has 0 spiro atoms. The largest absolute Gasteiger partial charge is 0.313 e. The average molecular weight is 231 g/mol. The van der Waals surface area contributed by atoms with Crippen LogP contribution in [0.1, 0.15) is 27.7 Å². The smallest absolute Gasteiger partial charge is 0.0107 e. The molecule has 0 atom stereocenters. The van der Waals surface area contributed by atoms with Gasteiger partial charge in [0.25, 0.3) is 0 Å². The van der Waals surface area contributed by atoms with E-state index in [2.05, 4.69) is 37.9 Å². The highest BCUT2D eigenvalue weighted by molar-refractivity contribution is 5.85. The van der Waals surface area contributed by atoms with E-state index in [1.165, 1.54) is 6.54 Å². The maximum Gasteiger partial charge on any atom is 0.0107 e. The van der Waals surface area contributed by atoms with E-state index in [0.29, 0.717) is 6.04 Å². The molecule has 0 aromatic rings. The first-order valence-corrected chi connectivity index (χ1v) is 4.66. The number of halogens is 2. The fraction of sp³-hybridized carbons (Fsp3) is 1.00. The van der Waals surface area contributed by atoms with Crippen LogP contribution < -0.4 is 5.32 Å². The topological polar surface area (TPSA) is 15.3 Å². The summed E-state index contributed by atoms with van der Waals surface area (Å²) in [7, 11) is 0. The van der Waals surface area contributed by atoms with Crippen LogP contribution in [0.3, 0.4) is 0 Å². The summed E-state index contributed by atoms with van der Waals surface area (Å²) in [6.07, 6.45) is 0. The van der Waals surface area contributed by atoms with Gasteiger partial charge in [-0.25, -0.2) is 0 Å². The second-order valence-corrected chi connectivity index (χ2v) is 3.14. The van der Waals surface area contributed by atoms with E-state index in [4.69, 9.17) is 0 Å². The van der Waals surface area contributed by atoms with Crippen LogP contribution in [-0.4, -0.2) is 37.1 Å². The summed E-state index contributed by atoms with van der Waals surface area (Å²) in [5.74, 6) is 0. The molecule has 0 aliphatic carbocycles. The zero-order valence-corrected chi connectivity index (χ0v) is 10.8. The zero-order valence-electron chi connectivity index (χ0n) is 9.17. The van der Waals surface area contributed by atoms with Crippen LogP contribution in [-0.2, 0) is 0 Å². The lowest BCUT2D eigenvalue weighted by Gasteiger charge is -2.18. The minimum Gasteiger partial charge on any atom is -0.313 e. The monoisotopic (exact) mass is 230 g/mol. The Morgan fingerprint density at radius 2 is 1.54 bits per heavy atom. The Hall–Kier alpha value is 0.500. The van der Waals surface area contributed by atoms with Gasteiger partial charge in [0, 0.05) is 19.1 Å². The minimum absolute atomic E-state index is 0. The first-order chi connectivity index (χ1) is 5.20. The fourth-order valence-corrected chi connectivity index (χ4v) is 1.05. The Kier molecular flexibility index (Phi) is 18.4. The minimum atomic E-state index is 0. The van der Waals surface area contributed by atoms with Gasteiger partial charge in [0.15, 0.2) is 0 Å². The van der Waals surface area contributed by atoms with Crippen molar-refractivity contribution in [3.05, 3.63) is 0 Å². The third-order valence-corrected chi connectivity index (χ3v) is 1.88. The van der Waals surface area contributed by atoms with Gasteiger partial charge in [0.05, 0.1) is 0 Å². The normalized spacial score (nSPS) is 9.69. The molecule has 0 radical (unpaired) electrons. The maximum atomic E-state index is 3.40. The van der Waals surface area contributed by atoms with E-state index in [-0.39, 0.29) is 24.8 Å². The molecule has 0 bridgehead atoms. The molecule has 0 heterocycles. The van der Waals surface area contributed by atoms with Gasteiger partial charge in [-0.15, -0.1) is 24.8 Å². The molecule has 0 unspecified atom stereocenters. The summed E-state index contributed by atoms with van der Waals surface area (Å²) in [5, 5.41) is 3.40. The van der Waals surface area contributed by atoms with E-state index in [1.807, 2.05) is 0 Å². The Morgan fingerprint density at radius 1 is 1.08 bits per heavy atom. The molecule has 0 rings (SSSR count). The Labute approximate surface area is 95.3 Å². The third kappa shape index (κ3) is 12.5. The van der Waals surface area contributed by atoms with Gasteiger partial charge in [-0.3, -0.25) is 0 Å². The van der Waals surface area contributed by atoms with Gasteiger partial charge in [-0.1, -0.05) is 27.7 Å². The van der Waals surface area contributed by atoms with E-state index < -0.39 is 0 Å². The number of nitrogens with one attached hydrogen (secondary N) is 1. The maximum absolute atomic E-state index is 3.40. The third-order valence-electron chi connectivity index (χ3n) is 1.88. The summed E-state index contributed by atoms with van der Waals surface area (Å²) in [6.45, 7) is 13.4. The van der Waals surface area contributed by atoms with Gasteiger partial charge >= 0.3 is 0 Å². The van der Waals surface area contributed by atoms with Crippen molar-refractivity contribution in [3.8, 4) is 0 Å². The Bertz CT molecular complexity index is 85.7. The molecule has 0 fully saturated rings. The Balaban J connectivity index is -0.000000500. The molecule has 84 valence electrons. The van der Waals surface area contributed by atoms with Gasteiger partial charge in [-0.2, -0.15) is 0 Å². The van der Waals surface area contributed by atoms with E-state index in [1.54, 1.807) is 0 Å². The predicted octanol–water partition coefficient (Wildman–Crippen LogP) is 2.17. The number of rotatable bonds is 6. The van der Waals surface area contributed by atoms with Crippen LogP contribution in [0.4, 0.5) is 0 Å². The van der Waals surface area contributed by atoms with E-state index >= 15 is 0 Å². The molecule has 13 heavy (non-hydrogen) atoms. The molecule has 1 N–H and O–H groups in total. The SMILES string of the molecule is CCN(CC)CCNC(C)C.Cl.Cl. The van der Waals surface area contributed by atoms with Crippen LogP contribution in [0.25, 0.3) is 0 Å². The fourth-order valence-electron chi connectivity index (χ4n) is 1.05. The summed E-state index contributed by atoms with van der Waals surface area (Å²) in [4.78, 5) is 2.43. The number of nitrogens with zero attached hydrogens (tertiary/aromatic N) is 1. The lowest BCUT2D eigenvalue weighted by molar-refractivity contribution is 0.299. The number of hydrogen-bond acceptors (Lipinski definition) is 2. The molecule has 2 nitrogen and oxygen atoms in total. The van der Waals surface area contributed by atoms with Crippen molar-refractivity contribution < 1.29 is 0 Å². The van der Waals surface area contributed by atoms with Crippen molar-refractivity contribution in [1.82, 2.24) is 10.2 Å². The standard InChI is InChI=1S/C9H22N2.2ClH/c1-5-11(6-2)8-7-10-9(3)4;;/h9-10H,5-8H2,1-4H3;2*1H. The molecule has 0 aliphatic rings. The molecule has 4 heteroatoms. The quantitative estimate of drug-likeness (QED) is 0.753. The number of likely N-dealkylation sites (N-methyl/N-ethyl adjacent to an activating group) is 1. The number of hydrogen-bond donors (Lipinski definition) is 1. The first kappa shape index (κ1) is 19.1. The lowest BCUT2D eigenvalue weighted by atomic mass is 10.4. The van der Waals surface area contributed by atoms with Crippen molar-refractivity contribution in [1.29, 1.82) is 0 Å². The first-order valence-electron chi connectivity index (χ1n) is 4.66. The predicted molar refractivity (Wildman–Crippen MR) is 65.4 cm³/mol. The van der Waals surface area contributed by atoms with Gasteiger partial charge in [-0.05, 0) is 13.1 Å².